The molecule has 162 valence electrons. The molecular weight excluding hydrogens is 395 g/mol. The number of rotatable bonds is 5. The maximum atomic E-state index is 12.4. The number of aromatic carboxylic acids is 1. The predicted molar refractivity (Wildman–Crippen MR) is 104 cm³/mol. The van der Waals surface area contributed by atoms with Crippen LogP contribution in [-0.4, -0.2) is 83.7 Å². The van der Waals surface area contributed by atoms with Gasteiger partial charge in [-0.15, -0.1) is 0 Å². The van der Waals surface area contributed by atoms with Gasteiger partial charge < -0.3 is 39.5 Å². The van der Waals surface area contributed by atoms with Crippen LogP contribution in [0.3, 0.4) is 0 Å². The molecule has 0 radical (unpaired) electrons. The summed E-state index contributed by atoms with van der Waals surface area (Å²) in [4.78, 5) is 25.9. The van der Waals surface area contributed by atoms with E-state index in [0.717, 1.165) is 6.54 Å². The Morgan fingerprint density at radius 1 is 1.30 bits per heavy atom. The second kappa shape index (κ2) is 7.12. The molecule has 1 aromatic rings. The fraction of sp³-hybridized carbons (Fsp3) is 0.579. The molecule has 4 N–H and O–H groups in total. The van der Waals surface area contributed by atoms with Crippen LogP contribution in [0.5, 0.6) is 11.5 Å². The standard InChI is InChI=1S/C19H24BN2O8/c23-16(5-10-7-21-3-4-28-10)22-8-11(9-22)29-15-2-1-12-13-6-14(13)20(26,27)30-18(12)17(15)19(24)25/h1-2,10-11,13-14,21,26-27H,3-9H2,(H,24,25)/q-1/t10-,13-,14-/m0/s1. The first kappa shape index (κ1) is 19.6. The van der Waals surface area contributed by atoms with Crippen LogP contribution in [-0.2, 0) is 9.53 Å². The van der Waals surface area contributed by atoms with Crippen molar-refractivity contribution in [1.82, 2.24) is 10.2 Å². The molecule has 3 fully saturated rings. The molecule has 4 aliphatic rings. The number of hydrogen-bond donors (Lipinski definition) is 4. The topological polar surface area (TPSA) is 138 Å². The fourth-order valence-electron chi connectivity index (χ4n) is 4.58. The summed E-state index contributed by atoms with van der Waals surface area (Å²) in [5.41, 5.74) is 0.454. The average Bonchev–Trinajstić information content (AvgIpc) is 3.46. The minimum Gasteiger partial charge on any atom is -0.669 e. The van der Waals surface area contributed by atoms with Gasteiger partial charge in [0.25, 0.3) is 0 Å². The number of benzene rings is 1. The van der Waals surface area contributed by atoms with E-state index < -0.39 is 12.7 Å². The van der Waals surface area contributed by atoms with Crippen LogP contribution in [0.25, 0.3) is 0 Å². The first-order valence-corrected chi connectivity index (χ1v) is 10.3. The van der Waals surface area contributed by atoms with Gasteiger partial charge in [-0.3, -0.25) is 4.79 Å². The van der Waals surface area contributed by atoms with Crippen LogP contribution in [0, 0.1) is 0 Å². The van der Waals surface area contributed by atoms with Crippen molar-refractivity contribution < 1.29 is 38.9 Å². The Bertz CT molecular complexity index is 882. The lowest BCUT2D eigenvalue weighted by Crippen LogP contribution is -2.57. The van der Waals surface area contributed by atoms with E-state index in [1.165, 1.54) is 0 Å². The zero-order chi connectivity index (χ0) is 21.0. The summed E-state index contributed by atoms with van der Waals surface area (Å²) in [6.45, 7) is -0.341. The van der Waals surface area contributed by atoms with Crippen molar-refractivity contribution in [3.63, 3.8) is 0 Å². The van der Waals surface area contributed by atoms with Crippen molar-refractivity contribution in [2.24, 2.45) is 0 Å². The average molecular weight is 419 g/mol. The molecule has 1 aliphatic carbocycles. The van der Waals surface area contributed by atoms with E-state index in [-0.39, 0.29) is 46.9 Å². The van der Waals surface area contributed by atoms with Gasteiger partial charge in [-0.1, -0.05) is 18.3 Å². The highest BCUT2D eigenvalue weighted by Gasteiger charge is 2.55. The number of ether oxygens (including phenoxy) is 2. The minimum absolute atomic E-state index is 0.0244. The Labute approximate surface area is 172 Å². The highest BCUT2D eigenvalue weighted by atomic mass is 16.6. The Kier molecular flexibility index (Phi) is 4.66. The largest absolute Gasteiger partial charge is 0.669 e. The van der Waals surface area contributed by atoms with E-state index in [2.05, 4.69) is 5.32 Å². The van der Waals surface area contributed by atoms with E-state index in [1.807, 2.05) is 0 Å². The molecule has 10 nitrogen and oxygen atoms in total. The van der Waals surface area contributed by atoms with Crippen molar-refractivity contribution in [1.29, 1.82) is 0 Å². The van der Waals surface area contributed by atoms with Crippen LogP contribution < -0.4 is 14.7 Å². The Morgan fingerprint density at radius 3 is 2.80 bits per heavy atom. The molecule has 0 spiro atoms. The third-order valence-electron chi connectivity index (χ3n) is 6.35. The van der Waals surface area contributed by atoms with Gasteiger partial charge in [0.1, 0.15) is 17.4 Å². The summed E-state index contributed by atoms with van der Waals surface area (Å²) in [5.74, 6) is -1.71. The maximum absolute atomic E-state index is 12.4. The molecule has 0 unspecified atom stereocenters. The smallest absolute Gasteiger partial charge is 0.434 e. The molecular formula is C19H24BN2O8-. The van der Waals surface area contributed by atoms with Crippen molar-refractivity contribution in [3.05, 3.63) is 23.3 Å². The molecule has 30 heavy (non-hydrogen) atoms. The molecule has 3 atom stereocenters. The van der Waals surface area contributed by atoms with E-state index >= 15 is 0 Å². The molecule has 11 heteroatoms. The number of hydrogen-bond acceptors (Lipinski definition) is 8. The SMILES string of the molecule is O=C(O)c1c(OC2CN(C(=O)C[C@H]3CNCCO3)C2)ccc2c1O[B-](O)(O)[C@H]1C[C@@H]21. The van der Waals surface area contributed by atoms with Gasteiger partial charge >= 0.3 is 12.7 Å². The summed E-state index contributed by atoms with van der Waals surface area (Å²) < 4.78 is 16.7. The molecule has 1 amide bonds. The second-order valence-electron chi connectivity index (χ2n) is 8.49. The number of fused-ring (bicyclic) bond motifs is 3. The normalized spacial score (nSPS) is 29.1. The Hall–Kier alpha value is -2.34. The summed E-state index contributed by atoms with van der Waals surface area (Å²) in [6, 6.07) is 3.31. The van der Waals surface area contributed by atoms with E-state index in [4.69, 9.17) is 14.1 Å². The number of likely N-dealkylation sites (tertiary alicyclic amines) is 1. The highest BCUT2D eigenvalue weighted by molar-refractivity contribution is 6.62. The van der Waals surface area contributed by atoms with Crippen molar-refractivity contribution >= 4 is 18.6 Å². The number of nitrogens with one attached hydrogen (secondary N) is 1. The molecule has 1 saturated carbocycles. The summed E-state index contributed by atoms with van der Waals surface area (Å²) in [6.07, 6.45) is 0.380. The molecule has 5 rings (SSSR count). The first-order valence-electron chi connectivity index (χ1n) is 10.3. The van der Waals surface area contributed by atoms with Crippen LogP contribution >= 0.6 is 0 Å². The van der Waals surface area contributed by atoms with E-state index in [1.54, 1.807) is 17.0 Å². The number of carboxylic acid groups (broad SMARTS) is 1. The van der Waals surface area contributed by atoms with Gasteiger partial charge in [0.2, 0.25) is 5.91 Å². The molecule has 3 aliphatic heterocycles. The zero-order valence-electron chi connectivity index (χ0n) is 16.3. The Balaban J connectivity index is 1.25. The molecule has 0 aromatic heterocycles. The van der Waals surface area contributed by atoms with Crippen molar-refractivity contribution in [2.45, 2.75) is 36.8 Å². The summed E-state index contributed by atoms with van der Waals surface area (Å²) in [7, 11) is 0. The highest BCUT2D eigenvalue weighted by Crippen LogP contribution is 2.63. The van der Waals surface area contributed by atoms with Crippen LogP contribution in [0.2, 0.25) is 5.82 Å². The van der Waals surface area contributed by atoms with E-state index in [9.17, 15) is 24.7 Å². The molecule has 0 bridgehead atoms. The predicted octanol–water partition coefficient (Wildman–Crippen LogP) is -0.474. The number of nitrogens with zero attached hydrogens (tertiary/aromatic N) is 1. The quantitative estimate of drug-likeness (QED) is 0.467. The lowest BCUT2D eigenvalue weighted by molar-refractivity contribution is -0.143. The number of morpholine rings is 1. The lowest BCUT2D eigenvalue weighted by atomic mass is 9.68. The van der Waals surface area contributed by atoms with Gasteiger partial charge in [0, 0.05) is 13.1 Å². The third kappa shape index (κ3) is 3.41. The molecule has 3 heterocycles. The van der Waals surface area contributed by atoms with Gasteiger partial charge in [0.05, 0.1) is 38.0 Å². The molecule has 1 aromatic carbocycles. The van der Waals surface area contributed by atoms with Gasteiger partial charge in [0.15, 0.2) is 0 Å². The zero-order valence-corrected chi connectivity index (χ0v) is 16.3. The first-order chi connectivity index (χ1) is 14.3. The number of carbonyl (C=O) groups is 2. The summed E-state index contributed by atoms with van der Waals surface area (Å²) in [5, 5.41) is 33.1. The number of carbonyl (C=O) groups excluding carboxylic acids is 1. The third-order valence-corrected chi connectivity index (χ3v) is 6.35. The molecule has 2 saturated heterocycles. The van der Waals surface area contributed by atoms with Gasteiger partial charge in [-0.05, 0) is 17.5 Å². The van der Waals surface area contributed by atoms with Gasteiger partial charge in [-0.25, -0.2) is 4.79 Å². The monoisotopic (exact) mass is 419 g/mol. The Morgan fingerprint density at radius 2 is 2.10 bits per heavy atom. The van der Waals surface area contributed by atoms with Crippen LogP contribution in [0.1, 0.15) is 34.7 Å². The van der Waals surface area contributed by atoms with Gasteiger partial charge in [-0.2, -0.15) is 0 Å². The van der Waals surface area contributed by atoms with Crippen molar-refractivity contribution in [2.75, 3.05) is 32.8 Å². The van der Waals surface area contributed by atoms with Crippen LogP contribution in [0.15, 0.2) is 12.1 Å². The van der Waals surface area contributed by atoms with E-state index in [0.29, 0.717) is 44.6 Å². The maximum Gasteiger partial charge on any atom is 0.434 e. The van der Waals surface area contributed by atoms with Crippen LogP contribution in [0.4, 0.5) is 0 Å². The second-order valence-corrected chi connectivity index (χ2v) is 8.49. The summed E-state index contributed by atoms with van der Waals surface area (Å²) >= 11 is 0. The lowest BCUT2D eigenvalue weighted by Gasteiger charge is -2.41. The fourth-order valence-corrected chi connectivity index (χ4v) is 4.58. The minimum atomic E-state index is -3.08. The number of carboxylic acids is 1. The number of amides is 1. The van der Waals surface area contributed by atoms with Crippen molar-refractivity contribution in [3.8, 4) is 11.5 Å².